The van der Waals surface area contributed by atoms with E-state index in [1.54, 1.807) is 0 Å². The van der Waals surface area contributed by atoms with Crippen molar-refractivity contribution in [2.75, 3.05) is 11.9 Å². The number of hydrogen-bond acceptors (Lipinski definition) is 5. The average molecular weight is 378 g/mol. The van der Waals surface area contributed by atoms with Gasteiger partial charge >= 0.3 is 0 Å². The molecule has 0 bridgehead atoms. The van der Waals surface area contributed by atoms with Crippen LogP contribution in [-0.4, -0.2) is 36.8 Å². The Labute approximate surface area is 162 Å². The van der Waals surface area contributed by atoms with Crippen molar-refractivity contribution in [2.24, 2.45) is 0 Å². The lowest BCUT2D eigenvalue weighted by molar-refractivity contribution is 0.122. The monoisotopic (exact) mass is 378 g/mol. The third-order valence-electron chi connectivity index (χ3n) is 5.78. The highest BCUT2D eigenvalue weighted by Gasteiger charge is 2.31. The summed E-state index contributed by atoms with van der Waals surface area (Å²) < 4.78 is 16.6. The van der Waals surface area contributed by atoms with Gasteiger partial charge < -0.3 is 5.32 Å². The summed E-state index contributed by atoms with van der Waals surface area (Å²) >= 11 is 0. The number of anilines is 1. The number of fused-ring (bicyclic) bond motifs is 2. The first kappa shape index (κ1) is 17.3. The third-order valence-corrected chi connectivity index (χ3v) is 5.78. The Bertz CT molecular complexity index is 1060. The van der Waals surface area contributed by atoms with Crippen LogP contribution in [0.2, 0.25) is 0 Å². The van der Waals surface area contributed by atoms with E-state index in [1.807, 2.05) is 36.0 Å². The molecule has 1 saturated carbocycles. The van der Waals surface area contributed by atoms with Gasteiger partial charge in [0.15, 0.2) is 5.65 Å². The van der Waals surface area contributed by atoms with Crippen molar-refractivity contribution in [3.05, 3.63) is 53.2 Å². The van der Waals surface area contributed by atoms with Gasteiger partial charge in [0.1, 0.15) is 5.67 Å². The molecule has 0 atom stereocenters. The zero-order valence-electron chi connectivity index (χ0n) is 16.0. The SMILES string of the molecule is Cc1cnc2ccc(C3=CCc4nc(NCC5(F)CCCCC5)ncc43)nn12. The number of nitrogens with zero attached hydrogens (tertiary/aromatic N) is 5. The molecular weight excluding hydrogens is 355 g/mol. The molecule has 3 aromatic heterocycles. The van der Waals surface area contributed by atoms with Crippen molar-refractivity contribution in [3.63, 3.8) is 0 Å². The maximum absolute atomic E-state index is 14.8. The summed E-state index contributed by atoms with van der Waals surface area (Å²) in [7, 11) is 0. The Kier molecular flexibility index (Phi) is 4.10. The summed E-state index contributed by atoms with van der Waals surface area (Å²) in [6.07, 6.45) is 10.8. The topological polar surface area (TPSA) is 68.0 Å². The van der Waals surface area contributed by atoms with Crippen LogP contribution in [-0.2, 0) is 6.42 Å². The Morgan fingerprint density at radius 1 is 1.14 bits per heavy atom. The van der Waals surface area contributed by atoms with Crippen LogP contribution in [0.3, 0.4) is 0 Å². The van der Waals surface area contributed by atoms with Gasteiger partial charge in [0, 0.05) is 23.8 Å². The van der Waals surface area contributed by atoms with E-state index in [9.17, 15) is 4.39 Å². The number of allylic oxidation sites excluding steroid dienone is 1. The maximum Gasteiger partial charge on any atom is 0.223 e. The highest BCUT2D eigenvalue weighted by atomic mass is 19.1. The van der Waals surface area contributed by atoms with E-state index in [0.717, 1.165) is 59.5 Å². The third kappa shape index (κ3) is 3.04. The fourth-order valence-electron chi connectivity index (χ4n) is 4.17. The molecule has 3 aromatic rings. The maximum atomic E-state index is 14.8. The molecule has 28 heavy (non-hydrogen) atoms. The molecule has 1 N–H and O–H groups in total. The lowest BCUT2D eigenvalue weighted by Crippen LogP contribution is -2.34. The van der Waals surface area contributed by atoms with E-state index in [4.69, 9.17) is 5.10 Å². The van der Waals surface area contributed by atoms with Crippen LogP contribution in [0.15, 0.2) is 30.6 Å². The summed E-state index contributed by atoms with van der Waals surface area (Å²) in [5.41, 5.74) is 4.54. The van der Waals surface area contributed by atoms with Crippen molar-refractivity contribution in [1.82, 2.24) is 24.6 Å². The van der Waals surface area contributed by atoms with E-state index < -0.39 is 5.67 Å². The molecule has 2 aliphatic carbocycles. The van der Waals surface area contributed by atoms with Gasteiger partial charge in [-0.2, -0.15) is 5.10 Å². The second-order valence-corrected chi connectivity index (χ2v) is 7.83. The standard InChI is InChI=1S/C21H23FN6/c1-14-11-23-19-8-7-18(27-28(14)19)15-5-6-17-16(15)12-24-20(26-17)25-13-21(22)9-3-2-4-10-21/h5,7-8,11-12H,2-4,6,9-10,13H2,1H3,(H,24,25,26). The molecule has 0 aliphatic heterocycles. The minimum absolute atomic E-state index is 0.282. The number of aromatic nitrogens is 5. The van der Waals surface area contributed by atoms with Gasteiger partial charge in [0.25, 0.3) is 0 Å². The van der Waals surface area contributed by atoms with Crippen molar-refractivity contribution < 1.29 is 4.39 Å². The van der Waals surface area contributed by atoms with E-state index in [2.05, 4.69) is 26.3 Å². The minimum Gasteiger partial charge on any atom is -0.351 e. The summed E-state index contributed by atoms with van der Waals surface area (Å²) in [6, 6.07) is 3.95. The van der Waals surface area contributed by atoms with Crippen LogP contribution in [0, 0.1) is 6.92 Å². The number of aryl methyl sites for hydroxylation is 1. The van der Waals surface area contributed by atoms with E-state index in [0.29, 0.717) is 18.8 Å². The molecule has 144 valence electrons. The summed E-state index contributed by atoms with van der Waals surface area (Å²) in [4.78, 5) is 13.4. The smallest absolute Gasteiger partial charge is 0.223 e. The highest BCUT2D eigenvalue weighted by molar-refractivity contribution is 5.82. The predicted molar refractivity (Wildman–Crippen MR) is 106 cm³/mol. The van der Waals surface area contributed by atoms with Gasteiger partial charge in [0.05, 0.1) is 29.8 Å². The zero-order valence-corrected chi connectivity index (χ0v) is 16.0. The fourth-order valence-corrected chi connectivity index (χ4v) is 4.17. The molecule has 7 heteroatoms. The number of imidazole rings is 1. The molecule has 1 fully saturated rings. The highest BCUT2D eigenvalue weighted by Crippen LogP contribution is 2.33. The number of alkyl halides is 1. The van der Waals surface area contributed by atoms with Gasteiger partial charge in [-0.1, -0.05) is 25.3 Å². The normalized spacial score (nSPS) is 18.1. The largest absolute Gasteiger partial charge is 0.351 e. The molecular formula is C21H23FN6. The van der Waals surface area contributed by atoms with E-state index in [-0.39, 0.29) is 6.54 Å². The number of nitrogens with one attached hydrogen (secondary N) is 1. The molecule has 0 radical (unpaired) electrons. The molecule has 0 aromatic carbocycles. The van der Waals surface area contributed by atoms with Crippen LogP contribution in [0.4, 0.5) is 10.3 Å². The van der Waals surface area contributed by atoms with Crippen LogP contribution in [0.1, 0.15) is 54.7 Å². The summed E-state index contributed by atoms with van der Waals surface area (Å²) in [5, 5.41) is 7.83. The van der Waals surface area contributed by atoms with Crippen molar-refractivity contribution >= 4 is 17.2 Å². The van der Waals surface area contributed by atoms with Crippen molar-refractivity contribution in [1.29, 1.82) is 0 Å². The minimum atomic E-state index is -1.13. The summed E-state index contributed by atoms with van der Waals surface area (Å²) in [6.45, 7) is 2.27. The predicted octanol–water partition coefficient (Wildman–Crippen LogP) is 3.90. The molecule has 0 spiro atoms. The zero-order chi connectivity index (χ0) is 19.1. The van der Waals surface area contributed by atoms with Crippen LogP contribution < -0.4 is 5.32 Å². The molecule has 3 heterocycles. The fraction of sp³-hybridized carbons (Fsp3) is 0.429. The van der Waals surface area contributed by atoms with E-state index >= 15 is 0 Å². The number of hydrogen-bond donors (Lipinski definition) is 1. The quantitative estimate of drug-likeness (QED) is 0.746. The second kappa shape index (κ2) is 6.65. The van der Waals surface area contributed by atoms with Gasteiger partial charge in [-0.05, 0) is 31.9 Å². The molecule has 0 amide bonds. The van der Waals surface area contributed by atoms with Gasteiger partial charge in [-0.15, -0.1) is 0 Å². The van der Waals surface area contributed by atoms with E-state index in [1.165, 1.54) is 0 Å². The Morgan fingerprint density at radius 3 is 2.86 bits per heavy atom. The molecule has 5 rings (SSSR count). The average Bonchev–Trinajstić information content (AvgIpc) is 3.30. The van der Waals surface area contributed by atoms with Crippen LogP contribution in [0.25, 0.3) is 11.2 Å². The molecule has 0 unspecified atom stereocenters. The Hall–Kier alpha value is -2.83. The molecule has 6 nitrogen and oxygen atoms in total. The Morgan fingerprint density at radius 2 is 2.00 bits per heavy atom. The van der Waals surface area contributed by atoms with Gasteiger partial charge in [0.2, 0.25) is 5.95 Å². The number of rotatable bonds is 4. The lowest BCUT2D eigenvalue weighted by atomic mass is 9.86. The van der Waals surface area contributed by atoms with Crippen molar-refractivity contribution in [2.45, 2.75) is 51.1 Å². The van der Waals surface area contributed by atoms with Crippen LogP contribution >= 0.6 is 0 Å². The summed E-state index contributed by atoms with van der Waals surface area (Å²) in [5.74, 6) is 0.505. The molecule has 0 saturated heterocycles. The van der Waals surface area contributed by atoms with Crippen LogP contribution in [0.5, 0.6) is 0 Å². The first-order valence-electron chi connectivity index (χ1n) is 9.92. The number of halogens is 1. The van der Waals surface area contributed by atoms with Crippen molar-refractivity contribution in [3.8, 4) is 0 Å². The second-order valence-electron chi connectivity index (χ2n) is 7.83. The molecule has 2 aliphatic rings. The first-order chi connectivity index (χ1) is 13.6. The van der Waals surface area contributed by atoms with Gasteiger partial charge in [-0.3, -0.25) is 0 Å². The van der Waals surface area contributed by atoms with Gasteiger partial charge in [-0.25, -0.2) is 23.9 Å². The lowest BCUT2D eigenvalue weighted by Gasteiger charge is -2.29. The first-order valence-corrected chi connectivity index (χ1v) is 9.92. The Balaban J connectivity index is 1.36.